The van der Waals surface area contributed by atoms with E-state index < -0.39 is 0 Å². The first-order valence-electron chi connectivity index (χ1n) is 10.2. The number of carbonyl (C=O) groups is 2. The lowest BCUT2D eigenvalue weighted by Gasteiger charge is -2.34. The third kappa shape index (κ3) is 4.12. The minimum Gasteiger partial charge on any atom is -0.369 e. The molecule has 2 aromatic rings. The standard InChI is InChI=1S/C23H28N4O2/c1-18(28)27(17-23(29)26-12-11-19-5-3-4-6-22(19)26)21-9-7-20(8-10-21)25-15-13-24(2)14-16-25/h3-10H,11-17H2,1-2H3. The number of anilines is 3. The number of rotatable bonds is 4. The molecule has 6 heteroatoms. The van der Waals surface area contributed by atoms with Gasteiger partial charge in [-0.2, -0.15) is 0 Å². The van der Waals surface area contributed by atoms with Crippen molar-refractivity contribution >= 4 is 28.9 Å². The molecule has 2 aliphatic heterocycles. The average Bonchev–Trinajstić information content (AvgIpc) is 3.17. The van der Waals surface area contributed by atoms with Crippen molar-refractivity contribution in [1.82, 2.24) is 4.90 Å². The fourth-order valence-corrected chi connectivity index (χ4v) is 4.11. The Morgan fingerprint density at radius 2 is 1.62 bits per heavy atom. The highest BCUT2D eigenvalue weighted by Gasteiger charge is 2.27. The van der Waals surface area contributed by atoms with Crippen molar-refractivity contribution in [3.8, 4) is 0 Å². The summed E-state index contributed by atoms with van der Waals surface area (Å²) in [6, 6.07) is 16.0. The van der Waals surface area contributed by atoms with E-state index in [1.54, 1.807) is 9.80 Å². The van der Waals surface area contributed by atoms with Crippen LogP contribution in [0.25, 0.3) is 0 Å². The van der Waals surface area contributed by atoms with Crippen LogP contribution in [0.4, 0.5) is 17.1 Å². The first-order chi connectivity index (χ1) is 14.0. The molecule has 0 unspecified atom stereocenters. The van der Waals surface area contributed by atoms with Crippen LogP contribution in [-0.4, -0.2) is 63.0 Å². The normalized spacial score (nSPS) is 16.6. The van der Waals surface area contributed by atoms with E-state index in [9.17, 15) is 9.59 Å². The molecule has 2 aliphatic rings. The van der Waals surface area contributed by atoms with Gasteiger partial charge in [-0.25, -0.2) is 0 Å². The molecular weight excluding hydrogens is 364 g/mol. The van der Waals surface area contributed by atoms with Gasteiger partial charge in [0.05, 0.1) is 0 Å². The fraction of sp³-hybridized carbons (Fsp3) is 0.391. The summed E-state index contributed by atoms with van der Waals surface area (Å²) in [7, 11) is 2.14. The molecule has 1 fully saturated rings. The summed E-state index contributed by atoms with van der Waals surface area (Å²) in [5, 5.41) is 0. The van der Waals surface area contributed by atoms with E-state index in [0.29, 0.717) is 6.54 Å². The van der Waals surface area contributed by atoms with Gasteiger partial charge in [0.15, 0.2) is 0 Å². The predicted molar refractivity (Wildman–Crippen MR) is 117 cm³/mol. The topological polar surface area (TPSA) is 47.1 Å². The molecule has 0 aliphatic carbocycles. The Bertz CT molecular complexity index is 888. The highest BCUT2D eigenvalue weighted by atomic mass is 16.2. The van der Waals surface area contributed by atoms with Crippen LogP contribution in [0.1, 0.15) is 12.5 Å². The van der Waals surface area contributed by atoms with Crippen molar-refractivity contribution in [2.75, 3.05) is 61.0 Å². The largest absolute Gasteiger partial charge is 0.369 e. The SMILES string of the molecule is CC(=O)N(CC(=O)N1CCc2ccccc21)c1ccc(N2CCN(C)CC2)cc1. The first-order valence-corrected chi connectivity index (χ1v) is 10.2. The number of likely N-dealkylation sites (N-methyl/N-ethyl adjacent to an activating group) is 1. The molecule has 0 atom stereocenters. The second-order valence-corrected chi connectivity index (χ2v) is 7.84. The lowest BCUT2D eigenvalue weighted by Crippen LogP contribution is -2.44. The zero-order valence-corrected chi connectivity index (χ0v) is 17.2. The molecule has 0 aromatic heterocycles. The van der Waals surface area contributed by atoms with Crippen LogP contribution in [-0.2, 0) is 16.0 Å². The Labute approximate surface area is 172 Å². The van der Waals surface area contributed by atoms with Crippen LogP contribution in [0.5, 0.6) is 0 Å². The van der Waals surface area contributed by atoms with Gasteiger partial charge >= 0.3 is 0 Å². The summed E-state index contributed by atoms with van der Waals surface area (Å²) in [6.45, 7) is 6.34. The highest BCUT2D eigenvalue weighted by Crippen LogP contribution is 2.28. The van der Waals surface area contributed by atoms with Crippen LogP contribution >= 0.6 is 0 Å². The second-order valence-electron chi connectivity index (χ2n) is 7.84. The van der Waals surface area contributed by atoms with E-state index >= 15 is 0 Å². The van der Waals surface area contributed by atoms with Gasteiger partial charge in [0.1, 0.15) is 6.54 Å². The zero-order chi connectivity index (χ0) is 20.4. The van der Waals surface area contributed by atoms with E-state index in [0.717, 1.165) is 49.7 Å². The Morgan fingerprint density at radius 3 is 2.31 bits per heavy atom. The fourth-order valence-electron chi connectivity index (χ4n) is 4.11. The van der Waals surface area contributed by atoms with Crippen LogP contribution in [0, 0.1) is 0 Å². The number of amides is 2. The van der Waals surface area contributed by atoms with E-state index in [4.69, 9.17) is 0 Å². The number of hydrogen-bond donors (Lipinski definition) is 0. The maximum Gasteiger partial charge on any atom is 0.247 e. The van der Waals surface area contributed by atoms with Crippen molar-refractivity contribution < 1.29 is 9.59 Å². The van der Waals surface area contributed by atoms with Crippen molar-refractivity contribution in [1.29, 1.82) is 0 Å². The summed E-state index contributed by atoms with van der Waals surface area (Å²) in [5.74, 6) is -0.175. The lowest BCUT2D eigenvalue weighted by molar-refractivity contribution is -0.121. The summed E-state index contributed by atoms with van der Waals surface area (Å²) in [4.78, 5) is 33.3. The number of hydrogen-bond acceptors (Lipinski definition) is 4. The Hall–Kier alpha value is -2.86. The Morgan fingerprint density at radius 1 is 0.931 bits per heavy atom. The molecular formula is C23H28N4O2. The van der Waals surface area contributed by atoms with Gasteiger partial charge in [-0.05, 0) is 49.4 Å². The van der Waals surface area contributed by atoms with Crippen molar-refractivity contribution in [2.45, 2.75) is 13.3 Å². The Balaban J connectivity index is 1.47. The van der Waals surface area contributed by atoms with Gasteiger partial charge < -0.3 is 19.6 Å². The van der Waals surface area contributed by atoms with Gasteiger partial charge in [0, 0.05) is 56.7 Å². The molecule has 0 bridgehead atoms. The molecule has 29 heavy (non-hydrogen) atoms. The van der Waals surface area contributed by atoms with Crippen LogP contribution < -0.4 is 14.7 Å². The number of nitrogens with zero attached hydrogens (tertiary/aromatic N) is 4. The second kappa shape index (κ2) is 8.25. The molecule has 0 saturated carbocycles. The lowest BCUT2D eigenvalue weighted by atomic mass is 10.2. The van der Waals surface area contributed by atoms with E-state index in [1.807, 2.05) is 42.5 Å². The van der Waals surface area contributed by atoms with E-state index in [1.165, 1.54) is 12.5 Å². The van der Waals surface area contributed by atoms with Gasteiger partial charge in [0.2, 0.25) is 11.8 Å². The highest BCUT2D eigenvalue weighted by molar-refractivity contribution is 6.04. The van der Waals surface area contributed by atoms with Crippen LogP contribution in [0.3, 0.4) is 0 Å². The van der Waals surface area contributed by atoms with E-state index in [2.05, 4.69) is 22.9 Å². The maximum absolute atomic E-state index is 13.0. The smallest absolute Gasteiger partial charge is 0.247 e. The molecule has 2 amide bonds. The number of carbonyl (C=O) groups excluding carboxylic acids is 2. The third-order valence-corrected chi connectivity index (χ3v) is 5.89. The molecule has 2 heterocycles. The quantitative estimate of drug-likeness (QED) is 0.802. The van der Waals surface area contributed by atoms with Gasteiger partial charge in [0.25, 0.3) is 0 Å². The summed E-state index contributed by atoms with van der Waals surface area (Å²) in [5.41, 5.74) is 4.07. The molecule has 152 valence electrons. The maximum atomic E-state index is 13.0. The number of fused-ring (bicyclic) bond motifs is 1. The number of benzene rings is 2. The van der Waals surface area contributed by atoms with Gasteiger partial charge in [-0.15, -0.1) is 0 Å². The number of piperazine rings is 1. The summed E-state index contributed by atoms with van der Waals surface area (Å²) < 4.78 is 0. The molecule has 6 nitrogen and oxygen atoms in total. The third-order valence-electron chi connectivity index (χ3n) is 5.89. The van der Waals surface area contributed by atoms with Gasteiger partial charge in [-0.3, -0.25) is 9.59 Å². The van der Waals surface area contributed by atoms with E-state index in [-0.39, 0.29) is 18.4 Å². The average molecular weight is 393 g/mol. The summed E-state index contributed by atoms with van der Waals surface area (Å²) in [6.07, 6.45) is 0.863. The monoisotopic (exact) mass is 392 g/mol. The molecule has 4 rings (SSSR count). The zero-order valence-electron chi connectivity index (χ0n) is 17.2. The number of para-hydroxylation sites is 1. The van der Waals surface area contributed by atoms with Crippen molar-refractivity contribution in [2.24, 2.45) is 0 Å². The first kappa shape index (κ1) is 19.5. The van der Waals surface area contributed by atoms with Crippen LogP contribution in [0.2, 0.25) is 0 Å². The van der Waals surface area contributed by atoms with Crippen molar-refractivity contribution in [3.63, 3.8) is 0 Å². The van der Waals surface area contributed by atoms with Crippen LogP contribution in [0.15, 0.2) is 48.5 Å². The minimum atomic E-state index is -0.127. The molecule has 0 radical (unpaired) electrons. The molecule has 0 N–H and O–H groups in total. The predicted octanol–water partition coefficient (Wildman–Crippen LogP) is 2.38. The van der Waals surface area contributed by atoms with Crippen molar-refractivity contribution in [3.05, 3.63) is 54.1 Å². The minimum absolute atomic E-state index is 0.0479. The summed E-state index contributed by atoms with van der Waals surface area (Å²) >= 11 is 0. The molecule has 1 saturated heterocycles. The molecule has 0 spiro atoms. The Kier molecular flexibility index (Phi) is 5.53. The van der Waals surface area contributed by atoms with Gasteiger partial charge in [-0.1, -0.05) is 18.2 Å². The molecule has 2 aromatic carbocycles.